The van der Waals surface area contributed by atoms with Crippen molar-refractivity contribution in [2.45, 2.75) is 19.3 Å². The molecule has 0 saturated heterocycles. The van der Waals surface area contributed by atoms with E-state index in [1.807, 2.05) is 6.07 Å². The molecule has 1 aromatic rings. The van der Waals surface area contributed by atoms with Gasteiger partial charge in [-0.2, -0.15) is 0 Å². The second-order valence-electron chi connectivity index (χ2n) is 6.86. The zero-order valence-electron chi connectivity index (χ0n) is 15.2. The van der Waals surface area contributed by atoms with E-state index in [1.165, 1.54) is 11.1 Å². The second-order valence-corrected chi connectivity index (χ2v) is 6.86. The van der Waals surface area contributed by atoms with Gasteiger partial charge < -0.3 is 19.8 Å². The first kappa shape index (κ1) is 18.9. The fourth-order valence-corrected chi connectivity index (χ4v) is 2.57. The molecule has 0 bridgehead atoms. The average molecular weight is 307 g/mol. The lowest BCUT2D eigenvalue weighted by Crippen LogP contribution is -2.21. The first-order valence-electron chi connectivity index (χ1n) is 8.08. The van der Waals surface area contributed by atoms with E-state index in [2.05, 4.69) is 63.1 Å². The van der Waals surface area contributed by atoms with Crippen LogP contribution in [0.5, 0.6) is 5.75 Å². The van der Waals surface area contributed by atoms with E-state index in [9.17, 15) is 5.11 Å². The van der Waals surface area contributed by atoms with Crippen molar-refractivity contribution in [2.24, 2.45) is 0 Å². The van der Waals surface area contributed by atoms with Gasteiger partial charge in [0.25, 0.3) is 0 Å². The number of nitrogens with zero attached hydrogens (tertiary/aromatic N) is 3. The van der Waals surface area contributed by atoms with Gasteiger partial charge in [0.15, 0.2) is 0 Å². The van der Waals surface area contributed by atoms with E-state index in [4.69, 9.17) is 0 Å². The molecule has 22 heavy (non-hydrogen) atoms. The minimum Gasteiger partial charge on any atom is -0.508 e. The van der Waals surface area contributed by atoms with Gasteiger partial charge >= 0.3 is 0 Å². The zero-order chi connectivity index (χ0) is 16.7. The Morgan fingerprint density at radius 1 is 0.682 bits per heavy atom. The van der Waals surface area contributed by atoms with Gasteiger partial charge in [-0.3, -0.25) is 0 Å². The highest BCUT2D eigenvalue weighted by molar-refractivity contribution is 5.45. The molecule has 126 valence electrons. The molecule has 0 spiro atoms. The topological polar surface area (TPSA) is 30.0 Å². The number of rotatable bonds is 9. The van der Waals surface area contributed by atoms with Crippen LogP contribution in [0.3, 0.4) is 0 Å². The van der Waals surface area contributed by atoms with Gasteiger partial charge in [0.1, 0.15) is 5.75 Å². The van der Waals surface area contributed by atoms with Crippen LogP contribution in [0.1, 0.15) is 16.7 Å². The SMILES string of the molecule is CN(C)CCc1ccc(O)c(CCN(C)C)c1CCN(C)C. The van der Waals surface area contributed by atoms with Gasteiger partial charge in [0, 0.05) is 19.6 Å². The Balaban J connectivity index is 3.05. The van der Waals surface area contributed by atoms with Crippen molar-refractivity contribution < 1.29 is 5.11 Å². The molecule has 0 unspecified atom stereocenters. The lowest BCUT2D eigenvalue weighted by molar-refractivity contribution is 0.396. The number of hydrogen-bond acceptors (Lipinski definition) is 4. The van der Waals surface area contributed by atoms with E-state index in [0.29, 0.717) is 5.75 Å². The molecule has 0 aliphatic carbocycles. The van der Waals surface area contributed by atoms with Gasteiger partial charge in [-0.1, -0.05) is 6.07 Å². The van der Waals surface area contributed by atoms with Crippen LogP contribution in [0.25, 0.3) is 0 Å². The highest BCUT2D eigenvalue weighted by Gasteiger charge is 2.14. The van der Waals surface area contributed by atoms with E-state index in [1.54, 1.807) is 0 Å². The normalized spacial score (nSPS) is 11.9. The molecule has 1 rings (SSSR count). The monoisotopic (exact) mass is 307 g/mol. The molecule has 0 amide bonds. The van der Waals surface area contributed by atoms with E-state index >= 15 is 0 Å². The third-order valence-corrected chi connectivity index (χ3v) is 3.95. The van der Waals surface area contributed by atoms with Crippen molar-refractivity contribution in [1.29, 1.82) is 0 Å². The smallest absolute Gasteiger partial charge is 0.119 e. The molecule has 1 N–H and O–H groups in total. The van der Waals surface area contributed by atoms with Crippen LogP contribution in [-0.2, 0) is 19.3 Å². The minimum atomic E-state index is 0.448. The van der Waals surface area contributed by atoms with Crippen molar-refractivity contribution >= 4 is 0 Å². The van der Waals surface area contributed by atoms with E-state index < -0.39 is 0 Å². The average Bonchev–Trinajstić information content (AvgIpc) is 2.42. The Labute approximate surface area is 136 Å². The maximum absolute atomic E-state index is 10.3. The number of benzene rings is 1. The van der Waals surface area contributed by atoms with Gasteiger partial charge in [-0.25, -0.2) is 0 Å². The van der Waals surface area contributed by atoms with Crippen LogP contribution in [0.15, 0.2) is 12.1 Å². The molecule has 4 heteroatoms. The van der Waals surface area contributed by atoms with Crippen molar-refractivity contribution in [1.82, 2.24) is 14.7 Å². The maximum Gasteiger partial charge on any atom is 0.119 e. The lowest BCUT2D eigenvalue weighted by atomic mass is 9.93. The van der Waals surface area contributed by atoms with Crippen LogP contribution >= 0.6 is 0 Å². The van der Waals surface area contributed by atoms with Gasteiger partial charge in [-0.05, 0) is 84.3 Å². The molecule has 0 heterocycles. The summed E-state index contributed by atoms with van der Waals surface area (Å²) in [5, 5.41) is 10.3. The molecule has 0 atom stereocenters. The summed E-state index contributed by atoms with van der Waals surface area (Å²) in [7, 11) is 12.6. The highest BCUT2D eigenvalue weighted by atomic mass is 16.3. The molecule has 0 aliphatic rings. The Hall–Kier alpha value is -1.10. The Bertz CT molecular complexity index is 456. The molecule has 0 aromatic heterocycles. The summed E-state index contributed by atoms with van der Waals surface area (Å²) in [6, 6.07) is 3.97. The fourth-order valence-electron chi connectivity index (χ4n) is 2.57. The first-order chi connectivity index (χ1) is 10.3. The van der Waals surface area contributed by atoms with Crippen molar-refractivity contribution in [3.8, 4) is 5.75 Å². The fraction of sp³-hybridized carbons (Fsp3) is 0.667. The van der Waals surface area contributed by atoms with Crippen LogP contribution in [0, 0.1) is 0 Å². The summed E-state index contributed by atoms with van der Waals surface area (Å²) < 4.78 is 0. The summed E-state index contributed by atoms with van der Waals surface area (Å²) in [6.45, 7) is 3.00. The quantitative estimate of drug-likeness (QED) is 0.752. The minimum absolute atomic E-state index is 0.448. The third-order valence-electron chi connectivity index (χ3n) is 3.95. The van der Waals surface area contributed by atoms with Crippen molar-refractivity contribution in [3.63, 3.8) is 0 Å². The van der Waals surface area contributed by atoms with Gasteiger partial charge in [0.05, 0.1) is 0 Å². The van der Waals surface area contributed by atoms with Crippen molar-refractivity contribution in [2.75, 3.05) is 61.9 Å². The molecule has 4 nitrogen and oxygen atoms in total. The number of aromatic hydroxyl groups is 1. The highest BCUT2D eigenvalue weighted by Crippen LogP contribution is 2.26. The lowest BCUT2D eigenvalue weighted by Gasteiger charge is -2.20. The predicted molar refractivity (Wildman–Crippen MR) is 94.9 cm³/mol. The predicted octanol–water partition coefficient (Wildman–Crippen LogP) is 1.70. The summed E-state index contributed by atoms with van der Waals surface area (Å²) in [4.78, 5) is 6.58. The second kappa shape index (κ2) is 9.13. The summed E-state index contributed by atoms with van der Waals surface area (Å²) in [5.41, 5.74) is 3.85. The number of hydrogen-bond donors (Lipinski definition) is 1. The van der Waals surface area contributed by atoms with E-state index in [-0.39, 0.29) is 0 Å². The first-order valence-corrected chi connectivity index (χ1v) is 8.08. The Morgan fingerprint density at radius 2 is 1.14 bits per heavy atom. The Morgan fingerprint density at radius 3 is 1.64 bits per heavy atom. The summed E-state index contributed by atoms with van der Waals surface area (Å²) >= 11 is 0. The Kier molecular flexibility index (Phi) is 7.87. The van der Waals surface area contributed by atoms with Crippen LogP contribution in [0.2, 0.25) is 0 Å². The summed E-state index contributed by atoms with van der Waals surface area (Å²) in [5.74, 6) is 0.448. The van der Waals surface area contributed by atoms with Crippen molar-refractivity contribution in [3.05, 3.63) is 28.8 Å². The molecule has 0 fully saturated rings. The number of likely N-dealkylation sites (N-methyl/N-ethyl adjacent to an activating group) is 3. The molecule has 0 radical (unpaired) electrons. The van der Waals surface area contributed by atoms with Crippen LogP contribution < -0.4 is 0 Å². The summed E-state index contributed by atoms with van der Waals surface area (Å²) in [6.07, 6.45) is 2.93. The molecule has 1 aromatic carbocycles. The number of phenols is 1. The zero-order valence-corrected chi connectivity index (χ0v) is 15.2. The maximum atomic E-state index is 10.3. The molecular formula is C18H33N3O. The molecule has 0 saturated carbocycles. The largest absolute Gasteiger partial charge is 0.508 e. The third kappa shape index (κ3) is 6.34. The molecule has 0 aliphatic heterocycles. The standard InChI is InChI=1S/C18H33N3O/c1-19(2)12-9-15-7-8-18(22)17(11-14-21(5)6)16(15)10-13-20(3)4/h7-8,22H,9-14H2,1-6H3. The van der Waals surface area contributed by atoms with Crippen LogP contribution in [-0.4, -0.2) is 81.7 Å². The molecular weight excluding hydrogens is 274 g/mol. The van der Waals surface area contributed by atoms with E-state index in [0.717, 1.165) is 44.5 Å². The van der Waals surface area contributed by atoms with Gasteiger partial charge in [0.2, 0.25) is 0 Å². The number of phenolic OH excluding ortho intramolecular Hbond substituents is 1. The van der Waals surface area contributed by atoms with Crippen LogP contribution in [0.4, 0.5) is 0 Å². The van der Waals surface area contributed by atoms with Gasteiger partial charge in [-0.15, -0.1) is 0 Å².